The van der Waals surface area contributed by atoms with E-state index in [-0.39, 0.29) is 22.1 Å². The molecule has 6 nitrogen and oxygen atoms in total. The molecule has 1 N–H and O–H groups in total. The van der Waals surface area contributed by atoms with Crippen LogP contribution in [0.25, 0.3) is 11.0 Å². The first-order chi connectivity index (χ1) is 15.5. The Morgan fingerprint density at radius 1 is 1.00 bits per heavy atom. The van der Waals surface area contributed by atoms with Crippen molar-refractivity contribution in [1.29, 1.82) is 0 Å². The molecule has 170 valence electrons. The van der Waals surface area contributed by atoms with Crippen molar-refractivity contribution in [2.45, 2.75) is 28.8 Å². The number of hydrogen-bond acceptors (Lipinski definition) is 5. The minimum absolute atomic E-state index is 0.138. The zero-order valence-electron chi connectivity index (χ0n) is 16.7. The Labute approximate surface area is 191 Å². The highest BCUT2D eigenvalue weighted by atomic mass is 35.5. The normalized spacial score (nSPS) is 12.2. The first-order valence-corrected chi connectivity index (χ1v) is 11.4. The zero-order chi connectivity index (χ0) is 23.8. The van der Waals surface area contributed by atoms with Gasteiger partial charge in [0.25, 0.3) is 0 Å². The minimum atomic E-state index is -4.73. The average Bonchev–Trinajstić information content (AvgIpc) is 3.24. The third-order valence-corrected chi connectivity index (χ3v) is 6.96. The van der Waals surface area contributed by atoms with Gasteiger partial charge in [0.1, 0.15) is 0 Å². The number of sulfone groups is 1. The van der Waals surface area contributed by atoms with Crippen LogP contribution >= 0.6 is 11.6 Å². The number of H-pyrrole nitrogens is 1. The average molecular weight is 494 g/mol. The molecular weight excluding hydrogens is 479 g/mol. The molecule has 2 heterocycles. The van der Waals surface area contributed by atoms with Crippen LogP contribution in [0.15, 0.2) is 70.7 Å². The van der Waals surface area contributed by atoms with Gasteiger partial charge in [-0.1, -0.05) is 23.7 Å². The summed E-state index contributed by atoms with van der Waals surface area (Å²) < 4.78 is 64.7. The molecule has 0 saturated heterocycles. The van der Waals surface area contributed by atoms with Crippen molar-refractivity contribution in [3.05, 3.63) is 82.6 Å². The number of halogens is 4. The van der Waals surface area contributed by atoms with Crippen LogP contribution in [0, 0.1) is 0 Å². The summed E-state index contributed by atoms with van der Waals surface area (Å²) >= 11 is 5.72. The van der Waals surface area contributed by atoms with E-state index >= 15 is 0 Å². The van der Waals surface area contributed by atoms with Gasteiger partial charge in [-0.3, -0.25) is 9.89 Å². The number of ketones is 1. The molecular formula is C22H15ClF3N3O3S. The smallest absolute Gasteiger partial charge is 0.294 e. The Balaban J connectivity index is 1.49. The van der Waals surface area contributed by atoms with Crippen molar-refractivity contribution >= 4 is 38.3 Å². The van der Waals surface area contributed by atoms with Crippen LogP contribution in [0.5, 0.6) is 0 Å². The molecule has 0 amide bonds. The summed E-state index contributed by atoms with van der Waals surface area (Å²) in [6.07, 6.45) is -1.20. The van der Waals surface area contributed by atoms with E-state index in [1.54, 1.807) is 12.3 Å². The number of aromatic nitrogens is 3. The van der Waals surface area contributed by atoms with Gasteiger partial charge in [0.15, 0.2) is 11.4 Å². The molecule has 33 heavy (non-hydrogen) atoms. The van der Waals surface area contributed by atoms with E-state index in [0.29, 0.717) is 40.7 Å². The van der Waals surface area contributed by atoms with E-state index in [9.17, 15) is 26.4 Å². The van der Waals surface area contributed by atoms with Crippen molar-refractivity contribution < 1.29 is 26.4 Å². The Morgan fingerprint density at radius 2 is 1.73 bits per heavy atom. The zero-order valence-corrected chi connectivity index (χ0v) is 18.3. The van der Waals surface area contributed by atoms with E-state index in [1.807, 2.05) is 0 Å². The first kappa shape index (κ1) is 22.9. The van der Waals surface area contributed by atoms with E-state index in [0.717, 1.165) is 6.07 Å². The van der Waals surface area contributed by atoms with Crippen LogP contribution in [0.1, 0.15) is 27.9 Å². The largest absolute Gasteiger partial charge is 0.416 e. The molecule has 11 heteroatoms. The van der Waals surface area contributed by atoms with E-state index in [4.69, 9.17) is 11.6 Å². The molecule has 0 spiro atoms. The fourth-order valence-corrected chi connectivity index (χ4v) is 4.87. The lowest BCUT2D eigenvalue weighted by atomic mass is 10.0. The lowest BCUT2D eigenvalue weighted by molar-refractivity contribution is -0.137. The molecule has 0 saturated carbocycles. The summed E-state index contributed by atoms with van der Waals surface area (Å²) in [6.45, 7) is 0. The van der Waals surface area contributed by atoms with Crippen LogP contribution in [0.2, 0.25) is 5.02 Å². The highest BCUT2D eigenvalue weighted by Gasteiger charge is 2.32. The second-order valence-corrected chi connectivity index (χ2v) is 9.66. The number of carbonyl (C=O) groups excluding carboxylic acids is 1. The number of hydrogen-bond donors (Lipinski definition) is 1. The van der Waals surface area contributed by atoms with Crippen molar-refractivity contribution in [1.82, 2.24) is 15.2 Å². The van der Waals surface area contributed by atoms with Gasteiger partial charge in [-0.05, 0) is 48.4 Å². The van der Waals surface area contributed by atoms with Crippen LogP contribution in [0.3, 0.4) is 0 Å². The number of rotatable bonds is 6. The lowest BCUT2D eigenvalue weighted by Gasteiger charge is -2.11. The van der Waals surface area contributed by atoms with Crippen LogP contribution in [0.4, 0.5) is 13.2 Å². The summed E-state index contributed by atoms with van der Waals surface area (Å²) in [5.41, 5.74) is 0.559. The fraction of sp³-hybridized carbons (Fsp3) is 0.136. The minimum Gasteiger partial charge on any atom is -0.294 e. The maximum absolute atomic E-state index is 13.0. The third-order valence-electron chi connectivity index (χ3n) is 5.00. The summed E-state index contributed by atoms with van der Waals surface area (Å²) in [5.74, 6) is -0.138. The van der Waals surface area contributed by atoms with Crippen molar-refractivity contribution in [2.75, 3.05) is 0 Å². The fourth-order valence-electron chi connectivity index (χ4n) is 3.24. The molecule has 4 aromatic rings. The summed E-state index contributed by atoms with van der Waals surface area (Å²) in [4.78, 5) is 15.9. The Morgan fingerprint density at radius 3 is 2.42 bits per heavy atom. The van der Waals surface area contributed by atoms with Gasteiger partial charge in [0, 0.05) is 28.6 Å². The maximum atomic E-state index is 13.0. The van der Waals surface area contributed by atoms with E-state index in [1.165, 1.54) is 30.5 Å². The Kier molecular flexibility index (Phi) is 5.98. The maximum Gasteiger partial charge on any atom is 0.416 e. The number of aromatic amines is 1. The first-order valence-electron chi connectivity index (χ1n) is 9.58. The molecule has 0 atom stereocenters. The molecule has 0 fully saturated rings. The van der Waals surface area contributed by atoms with Gasteiger partial charge in [0.05, 0.1) is 21.6 Å². The molecule has 0 bridgehead atoms. The van der Waals surface area contributed by atoms with Gasteiger partial charge in [-0.25, -0.2) is 13.4 Å². The predicted octanol–water partition coefficient (Wildman–Crippen LogP) is 5.28. The van der Waals surface area contributed by atoms with Gasteiger partial charge in [-0.15, -0.1) is 0 Å². The van der Waals surface area contributed by atoms with Crippen LogP contribution in [-0.4, -0.2) is 29.4 Å². The molecule has 2 aromatic heterocycles. The number of carbonyl (C=O) groups is 1. The molecule has 0 aliphatic heterocycles. The number of Topliss-reactive ketones (excluding diaryl/α,β-unsaturated/α-hetero) is 1. The molecule has 0 unspecified atom stereocenters. The number of pyridine rings is 1. The van der Waals surface area contributed by atoms with Gasteiger partial charge < -0.3 is 0 Å². The van der Waals surface area contributed by atoms with Crippen molar-refractivity contribution in [2.24, 2.45) is 0 Å². The van der Waals surface area contributed by atoms with Gasteiger partial charge in [0.2, 0.25) is 9.84 Å². The van der Waals surface area contributed by atoms with Gasteiger partial charge >= 0.3 is 6.18 Å². The third kappa shape index (κ3) is 4.91. The monoisotopic (exact) mass is 493 g/mol. The molecule has 2 aromatic carbocycles. The Bertz CT molecular complexity index is 1450. The van der Waals surface area contributed by atoms with Crippen LogP contribution in [-0.2, 0) is 22.4 Å². The molecule has 0 aliphatic rings. The number of aryl methyl sites for hydroxylation is 1. The number of benzene rings is 2. The Hall–Kier alpha value is -3.24. The summed E-state index contributed by atoms with van der Waals surface area (Å²) in [6, 6.07) is 9.51. The molecule has 0 aliphatic carbocycles. The van der Waals surface area contributed by atoms with Gasteiger partial charge in [-0.2, -0.15) is 18.3 Å². The standard InChI is InChI=1S/C22H15ClF3N3O3S/c23-17-8-16(22(24,25)26)9-19(10-17)33(31,32)18-4-1-13(2-5-18)3-6-20(30)14-7-15-12-28-29-21(15)27-11-14/h1-2,4-5,7-12H,3,6H2,(H,27,28,29). The topological polar surface area (TPSA) is 92.8 Å². The SMILES string of the molecule is O=C(CCc1ccc(S(=O)(=O)c2cc(Cl)cc(C(F)(F)F)c2)cc1)c1cnc2[nH]ncc2c1. The number of nitrogens with zero attached hydrogens (tertiary/aromatic N) is 2. The van der Waals surface area contributed by atoms with Crippen LogP contribution < -0.4 is 0 Å². The van der Waals surface area contributed by atoms with E-state index in [2.05, 4.69) is 15.2 Å². The number of nitrogens with one attached hydrogen (secondary N) is 1. The highest BCUT2D eigenvalue weighted by Crippen LogP contribution is 2.34. The second kappa shape index (κ2) is 8.60. The second-order valence-electron chi connectivity index (χ2n) is 7.28. The quantitative estimate of drug-likeness (QED) is 0.369. The predicted molar refractivity (Wildman–Crippen MR) is 115 cm³/mol. The molecule has 4 rings (SSSR count). The lowest BCUT2D eigenvalue weighted by Crippen LogP contribution is -2.08. The summed E-state index contributed by atoms with van der Waals surface area (Å²) in [7, 11) is -4.22. The van der Waals surface area contributed by atoms with Crippen molar-refractivity contribution in [3.8, 4) is 0 Å². The summed E-state index contributed by atoms with van der Waals surface area (Å²) in [5, 5.41) is 6.94. The highest BCUT2D eigenvalue weighted by molar-refractivity contribution is 7.91. The van der Waals surface area contributed by atoms with E-state index < -0.39 is 26.5 Å². The number of alkyl halides is 3. The van der Waals surface area contributed by atoms with Crippen molar-refractivity contribution in [3.63, 3.8) is 0 Å². The molecule has 0 radical (unpaired) electrons. The number of fused-ring (bicyclic) bond motifs is 1.